The van der Waals surface area contributed by atoms with Gasteiger partial charge in [-0.15, -0.1) is 0 Å². The van der Waals surface area contributed by atoms with Crippen LogP contribution in [0.1, 0.15) is 25.3 Å². The van der Waals surface area contributed by atoms with Gasteiger partial charge in [-0.3, -0.25) is 0 Å². The van der Waals surface area contributed by atoms with E-state index >= 15 is 0 Å². The van der Waals surface area contributed by atoms with E-state index in [9.17, 15) is 0 Å². The number of benzene rings is 1. The number of unbranched alkanes of at least 4 members (excludes halogenated alkanes) is 1. The SMILES string of the molecule is CC(C#N)CN(C)CCCCc1ccccc1. The fourth-order valence-corrected chi connectivity index (χ4v) is 1.96. The summed E-state index contributed by atoms with van der Waals surface area (Å²) < 4.78 is 0. The third-order valence-electron chi connectivity index (χ3n) is 2.90. The average Bonchev–Trinajstić information content (AvgIpc) is 2.36. The highest BCUT2D eigenvalue weighted by Gasteiger charge is 2.04. The number of rotatable bonds is 7. The van der Waals surface area contributed by atoms with Crippen LogP contribution in [-0.4, -0.2) is 25.0 Å². The van der Waals surface area contributed by atoms with Crippen molar-refractivity contribution in [1.29, 1.82) is 5.26 Å². The third-order valence-corrected chi connectivity index (χ3v) is 2.90. The maximum Gasteiger partial charge on any atom is 0.0666 e. The van der Waals surface area contributed by atoms with Crippen LogP contribution in [0.5, 0.6) is 0 Å². The first-order chi connectivity index (χ1) is 8.22. The Morgan fingerprint density at radius 2 is 1.94 bits per heavy atom. The third kappa shape index (κ3) is 6.09. The lowest BCUT2D eigenvalue weighted by Gasteiger charge is -2.17. The Bertz CT molecular complexity index is 340. The van der Waals surface area contributed by atoms with E-state index in [-0.39, 0.29) is 5.92 Å². The molecule has 1 aromatic rings. The van der Waals surface area contributed by atoms with Gasteiger partial charge in [0.05, 0.1) is 12.0 Å². The quantitative estimate of drug-likeness (QED) is 0.673. The van der Waals surface area contributed by atoms with E-state index in [2.05, 4.69) is 48.3 Å². The van der Waals surface area contributed by atoms with Crippen molar-refractivity contribution in [1.82, 2.24) is 4.90 Å². The molecule has 1 atom stereocenters. The van der Waals surface area contributed by atoms with Crippen molar-refractivity contribution in [2.75, 3.05) is 20.1 Å². The molecule has 0 aliphatic carbocycles. The summed E-state index contributed by atoms with van der Waals surface area (Å²) in [6, 6.07) is 12.9. The van der Waals surface area contributed by atoms with Crippen LogP contribution in [0.25, 0.3) is 0 Å². The minimum Gasteiger partial charge on any atom is -0.305 e. The molecule has 1 unspecified atom stereocenters. The number of hydrogen-bond donors (Lipinski definition) is 0. The minimum atomic E-state index is 0.133. The molecular weight excluding hydrogens is 208 g/mol. The second-order valence-corrected chi connectivity index (χ2v) is 4.74. The van der Waals surface area contributed by atoms with Crippen molar-refractivity contribution in [3.05, 3.63) is 35.9 Å². The molecule has 1 aromatic carbocycles. The summed E-state index contributed by atoms with van der Waals surface area (Å²) in [5.41, 5.74) is 1.42. The molecule has 0 saturated heterocycles. The van der Waals surface area contributed by atoms with Crippen molar-refractivity contribution in [3.8, 4) is 6.07 Å². The molecule has 2 heteroatoms. The van der Waals surface area contributed by atoms with Crippen LogP contribution < -0.4 is 0 Å². The number of nitriles is 1. The van der Waals surface area contributed by atoms with Gasteiger partial charge in [-0.2, -0.15) is 5.26 Å². The van der Waals surface area contributed by atoms with Crippen molar-refractivity contribution < 1.29 is 0 Å². The fourth-order valence-electron chi connectivity index (χ4n) is 1.96. The lowest BCUT2D eigenvalue weighted by atomic mass is 10.1. The first-order valence-corrected chi connectivity index (χ1v) is 6.34. The average molecular weight is 230 g/mol. The van der Waals surface area contributed by atoms with Crippen molar-refractivity contribution >= 4 is 0 Å². The van der Waals surface area contributed by atoms with Gasteiger partial charge in [-0.1, -0.05) is 30.3 Å². The van der Waals surface area contributed by atoms with Gasteiger partial charge in [-0.25, -0.2) is 0 Å². The van der Waals surface area contributed by atoms with Crippen LogP contribution in [0, 0.1) is 17.2 Å². The van der Waals surface area contributed by atoms with Crippen molar-refractivity contribution in [2.45, 2.75) is 26.2 Å². The molecular formula is C15H22N2. The first-order valence-electron chi connectivity index (χ1n) is 6.34. The molecule has 0 spiro atoms. The van der Waals surface area contributed by atoms with Gasteiger partial charge in [0.15, 0.2) is 0 Å². The second-order valence-electron chi connectivity index (χ2n) is 4.74. The Balaban J connectivity index is 2.10. The lowest BCUT2D eigenvalue weighted by molar-refractivity contribution is 0.304. The highest BCUT2D eigenvalue weighted by molar-refractivity contribution is 5.14. The van der Waals surface area contributed by atoms with Crippen LogP contribution in [-0.2, 0) is 6.42 Å². The highest BCUT2D eigenvalue weighted by atomic mass is 15.1. The second kappa shape index (κ2) is 7.86. The van der Waals surface area contributed by atoms with Gasteiger partial charge < -0.3 is 4.90 Å². The maximum atomic E-state index is 8.73. The molecule has 0 aliphatic rings. The molecule has 92 valence electrons. The van der Waals surface area contributed by atoms with E-state index in [1.54, 1.807) is 0 Å². The van der Waals surface area contributed by atoms with Crippen molar-refractivity contribution in [2.24, 2.45) is 5.92 Å². The Kier molecular flexibility index (Phi) is 6.35. The Morgan fingerprint density at radius 1 is 1.24 bits per heavy atom. The predicted octanol–water partition coefficient (Wildman–Crippen LogP) is 3.10. The molecule has 0 amide bonds. The monoisotopic (exact) mass is 230 g/mol. The van der Waals surface area contributed by atoms with E-state index in [1.807, 2.05) is 6.92 Å². The Labute approximate surface area is 105 Å². The van der Waals surface area contributed by atoms with Gasteiger partial charge in [0.2, 0.25) is 0 Å². The van der Waals surface area contributed by atoms with Crippen LogP contribution in [0.2, 0.25) is 0 Å². The summed E-state index contributed by atoms with van der Waals surface area (Å²) in [5.74, 6) is 0.133. The summed E-state index contributed by atoms with van der Waals surface area (Å²) in [7, 11) is 2.09. The first kappa shape index (κ1) is 13.7. The predicted molar refractivity (Wildman–Crippen MR) is 71.7 cm³/mol. The van der Waals surface area contributed by atoms with E-state index in [1.165, 1.54) is 18.4 Å². The summed E-state index contributed by atoms with van der Waals surface area (Å²) in [4.78, 5) is 2.25. The standard InChI is InChI=1S/C15H22N2/c1-14(12-16)13-17(2)11-7-6-10-15-8-4-3-5-9-15/h3-5,8-9,14H,6-7,10-11,13H2,1-2H3. The number of aryl methyl sites for hydroxylation is 1. The zero-order chi connectivity index (χ0) is 12.5. The molecule has 1 rings (SSSR count). The molecule has 0 saturated carbocycles. The largest absolute Gasteiger partial charge is 0.305 e. The molecule has 17 heavy (non-hydrogen) atoms. The van der Waals surface area contributed by atoms with Crippen LogP contribution in [0.4, 0.5) is 0 Å². The molecule has 0 aromatic heterocycles. The van der Waals surface area contributed by atoms with Crippen LogP contribution in [0.3, 0.4) is 0 Å². The van der Waals surface area contributed by atoms with Gasteiger partial charge in [0, 0.05) is 6.54 Å². The van der Waals surface area contributed by atoms with Crippen molar-refractivity contribution in [3.63, 3.8) is 0 Å². The van der Waals surface area contributed by atoms with E-state index in [0.29, 0.717) is 0 Å². The smallest absolute Gasteiger partial charge is 0.0666 e. The number of hydrogen-bond acceptors (Lipinski definition) is 2. The van der Waals surface area contributed by atoms with E-state index < -0.39 is 0 Å². The normalized spacial score (nSPS) is 12.4. The maximum absolute atomic E-state index is 8.73. The molecule has 2 nitrogen and oxygen atoms in total. The highest BCUT2D eigenvalue weighted by Crippen LogP contribution is 2.05. The molecule has 0 fully saturated rings. The molecule has 0 bridgehead atoms. The topological polar surface area (TPSA) is 27.0 Å². The fraction of sp³-hybridized carbons (Fsp3) is 0.533. The Morgan fingerprint density at radius 3 is 2.59 bits per heavy atom. The summed E-state index contributed by atoms with van der Waals surface area (Å²) in [5, 5.41) is 8.73. The zero-order valence-corrected chi connectivity index (χ0v) is 10.9. The lowest BCUT2D eigenvalue weighted by Crippen LogP contribution is -2.24. The van der Waals surface area contributed by atoms with Gasteiger partial charge in [0.25, 0.3) is 0 Å². The summed E-state index contributed by atoms with van der Waals surface area (Å²) in [6.45, 7) is 3.93. The number of nitrogens with zero attached hydrogens (tertiary/aromatic N) is 2. The summed E-state index contributed by atoms with van der Waals surface area (Å²) in [6.07, 6.45) is 3.57. The van der Waals surface area contributed by atoms with E-state index in [4.69, 9.17) is 5.26 Å². The van der Waals surface area contributed by atoms with Gasteiger partial charge in [-0.05, 0) is 45.3 Å². The minimum absolute atomic E-state index is 0.133. The van der Waals surface area contributed by atoms with Crippen LogP contribution in [0.15, 0.2) is 30.3 Å². The molecule has 0 radical (unpaired) electrons. The zero-order valence-electron chi connectivity index (χ0n) is 10.9. The Hall–Kier alpha value is -1.33. The van der Waals surface area contributed by atoms with Gasteiger partial charge in [0.1, 0.15) is 0 Å². The summed E-state index contributed by atoms with van der Waals surface area (Å²) >= 11 is 0. The molecule has 0 aliphatic heterocycles. The molecule has 0 heterocycles. The molecule has 0 N–H and O–H groups in total. The van der Waals surface area contributed by atoms with Gasteiger partial charge >= 0.3 is 0 Å². The van der Waals surface area contributed by atoms with E-state index in [0.717, 1.165) is 19.5 Å². The van der Waals surface area contributed by atoms with Crippen LogP contribution >= 0.6 is 0 Å².